The Hall–Kier alpha value is -0.610. The van der Waals surface area contributed by atoms with E-state index in [9.17, 15) is 9.90 Å². The molecule has 0 aromatic carbocycles. The highest BCUT2D eigenvalue weighted by molar-refractivity contribution is 5.79. The fourth-order valence-electron chi connectivity index (χ4n) is 1.86. The number of carbonyl (C=O) groups excluding carboxylic acids is 1. The van der Waals surface area contributed by atoms with E-state index in [1.165, 1.54) is 0 Å². The van der Waals surface area contributed by atoms with Crippen LogP contribution in [0.25, 0.3) is 0 Å². The number of hydrogen-bond acceptors (Lipinski definition) is 3. The summed E-state index contributed by atoms with van der Waals surface area (Å²) in [5.74, 6) is 0.0362. The Bertz CT molecular complexity index is 193. The van der Waals surface area contributed by atoms with Crippen molar-refractivity contribution in [2.75, 3.05) is 19.6 Å². The molecule has 1 saturated heterocycles. The van der Waals surface area contributed by atoms with Crippen molar-refractivity contribution in [3.05, 3.63) is 0 Å². The summed E-state index contributed by atoms with van der Waals surface area (Å²) >= 11 is 0. The molecule has 14 heavy (non-hydrogen) atoms. The van der Waals surface area contributed by atoms with Gasteiger partial charge in [-0.05, 0) is 19.3 Å². The molecule has 3 N–H and O–H groups in total. The zero-order chi connectivity index (χ0) is 10.6. The molecule has 0 saturated carbocycles. The summed E-state index contributed by atoms with van der Waals surface area (Å²) in [7, 11) is 0. The lowest BCUT2D eigenvalue weighted by atomic mass is 10.0. The van der Waals surface area contributed by atoms with Crippen LogP contribution >= 0.6 is 0 Å². The maximum absolute atomic E-state index is 11.8. The third-order valence-electron chi connectivity index (χ3n) is 2.83. The Balaban J connectivity index is 2.50. The Labute approximate surface area is 85.1 Å². The minimum atomic E-state index is -0.344. The first-order valence-corrected chi connectivity index (χ1v) is 5.36. The molecular formula is C10H20N2O2. The number of hydrogen-bond donors (Lipinski definition) is 2. The van der Waals surface area contributed by atoms with Crippen molar-refractivity contribution in [3.8, 4) is 0 Å². The SMILES string of the molecule is CCC(CN)C(=O)N1CCCC(O)C1. The fraction of sp³-hybridized carbons (Fsp3) is 0.900. The van der Waals surface area contributed by atoms with Gasteiger partial charge in [0.25, 0.3) is 0 Å². The van der Waals surface area contributed by atoms with Crippen LogP contribution in [0.4, 0.5) is 0 Å². The lowest BCUT2D eigenvalue weighted by molar-refractivity contribution is -0.138. The van der Waals surface area contributed by atoms with Gasteiger partial charge in [0.05, 0.1) is 12.0 Å². The zero-order valence-electron chi connectivity index (χ0n) is 8.78. The first-order chi connectivity index (χ1) is 6.69. The fourth-order valence-corrected chi connectivity index (χ4v) is 1.86. The van der Waals surface area contributed by atoms with Crippen LogP contribution in [-0.2, 0) is 4.79 Å². The van der Waals surface area contributed by atoms with Gasteiger partial charge in [0.15, 0.2) is 0 Å². The van der Waals surface area contributed by atoms with E-state index in [2.05, 4.69) is 0 Å². The highest BCUT2D eigenvalue weighted by atomic mass is 16.3. The van der Waals surface area contributed by atoms with Crippen molar-refractivity contribution in [1.29, 1.82) is 0 Å². The van der Waals surface area contributed by atoms with E-state index >= 15 is 0 Å². The van der Waals surface area contributed by atoms with Gasteiger partial charge in [-0.3, -0.25) is 4.79 Å². The van der Waals surface area contributed by atoms with Crippen molar-refractivity contribution < 1.29 is 9.90 Å². The number of piperidine rings is 1. The van der Waals surface area contributed by atoms with E-state index in [-0.39, 0.29) is 17.9 Å². The summed E-state index contributed by atoms with van der Waals surface area (Å²) in [4.78, 5) is 13.6. The molecule has 0 aliphatic carbocycles. The third kappa shape index (κ3) is 2.69. The smallest absolute Gasteiger partial charge is 0.227 e. The van der Waals surface area contributed by atoms with E-state index < -0.39 is 0 Å². The molecule has 0 aromatic rings. The number of amides is 1. The van der Waals surface area contributed by atoms with Gasteiger partial charge in [0, 0.05) is 19.6 Å². The second-order valence-corrected chi connectivity index (χ2v) is 3.92. The average molecular weight is 200 g/mol. The molecule has 2 atom stereocenters. The monoisotopic (exact) mass is 200 g/mol. The molecule has 0 aromatic heterocycles. The number of carbonyl (C=O) groups is 1. The van der Waals surface area contributed by atoms with Gasteiger partial charge < -0.3 is 15.7 Å². The molecule has 0 bridgehead atoms. The Morgan fingerprint density at radius 3 is 2.93 bits per heavy atom. The van der Waals surface area contributed by atoms with Gasteiger partial charge in [-0.2, -0.15) is 0 Å². The number of aliphatic hydroxyl groups is 1. The van der Waals surface area contributed by atoms with E-state index in [4.69, 9.17) is 5.73 Å². The van der Waals surface area contributed by atoms with Gasteiger partial charge in [0.2, 0.25) is 5.91 Å². The quantitative estimate of drug-likeness (QED) is 0.671. The largest absolute Gasteiger partial charge is 0.391 e. The summed E-state index contributed by atoms with van der Waals surface area (Å²) in [6, 6.07) is 0. The van der Waals surface area contributed by atoms with Crippen LogP contribution in [0.1, 0.15) is 26.2 Å². The lowest BCUT2D eigenvalue weighted by Gasteiger charge is -2.32. The molecule has 2 unspecified atom stereocenters. The highest BCUT2D eigenvalue weighted by Crippen LogP contribution is 2.14. The molecule has 0 spiro atoms. The molecular weight excluding hydrogens is 180 g/mol. The van der Waals surface area contributed by atoms with Crippen molar-refractivity contribution >= 4 is 5.91 Å². The molecule has 1 amide bonds. The standard InChI is InChI=1S/C10H20N2O2/c1-2-8(6-11)10(14)12-5-3-4-9(13)7-12/h8-9,13H,2-7,11H2,1H3. The number of aliphatic hydroxyl groups excluding tert-OH is 1. The molecule has 1 aliphatic rings. The Morgan fingerprint density at radius 2 is 2.43 bits per heavy atom. The molecule has 1 fully saturated rings. The number of nitrogens with two attached hydrogens (primary N) is 1. The Kier molecular flexibility index (Phi) is 4.35. The van der Waals surface area contributed by atoms with E-state index in [0.29, 0.717) is 13.1 Å². The van der Waals surface area contributed by atoms with E-state index in [1.54, 1.807) is 4.90 Å². The maximum atomic E-state index is 11.8. The summed E-state index contributed by atoms with van der Waals surface area (Å²) in [5.41, 5.74) is 5.52. The summed E-state index contributed by atoms with van der Waals surface area (Å²) < 4.78 is 0. The lowest BCUT2D eigenvalue weighted by Crippen LogP contribution is -2.46. The summed E-state index contributed by atoms with van der Waals surface area (Å²) in [6.45, 7) is 3.62. The normalized spacial score (nSPS) is 24.8. The predicted molar refractivity (Wildman–Crippen MR) is 54.7 cm³/mol. The van der Waals surface area contributed by atoms with Gasteiger partial charge in [-0.15, -0.1) is 0 Å². The first kappa shape index (κ1) is 11.5. The minimum absolute atomic E-state index is 0.0692. The van der Waals surface area contributed by atoms with Crippen molar-refractivity contribution in [1.82, 2.24) is 4.90 Å². The van der Waals surface area contributed by atoms with Crippen molar-refractivity contribution in [3.63, 3.8) is 0 Å². The van der Waals surface area contributed by atoms with Crippen LogP contribution in [-0.4, -0.2) is 41.7 Å². The molecule has 82 valence electrons. The van der Waals surface area contributed by atoms with Crippen molar-refractivity contribution in [2.24, 2.45) is 11.7 Å². The van der Waals surface area contributed by atoms with Gasteiger partial charge >= 0.3 is 0 Å². The van der Waals surface area contributed by atoms with Crippen LogP contribution < -0.4 is 5.73 Å². The second-order valence-electron chi connectivity index (χ2n) is 3.92. The van der Waals surface area contributed by atoms with Crippen LogP contribution in [0, 0.1) is 5.92 Å². The number of likely N-dealkylation sites (tertiary alicyclic amines) is 1. The van der Waals surface area contributed by atoms with Gasteiger partial charge in [0.1, 0.15) is 0 Å². The van der Waals surface area contributed by atoms with Crippen LogP contribution in [0.15, 0.2) is 0 Å². The second kappa shape index (κ2) is 5.32. The third-order valence-corrected chi connectivity index (χ3v) is 2.83. The Morgan fingerprint density at radius 1 is 1.71 bits per heavy atom. The highest BCUT2D eigenvalue weighted by Gasteiger charge is 2.26. The molecule has 1 heterocycles. The molecule has 1 aliphatic heterocycles. The van der Waals surface area contributed by atoms with E-state index in [0.717, 1.165) is 25.8 Å². The topological polar surface area (TPSA) is 66.6 Å². The summed E-state index contributed by atoms with van der Waals surface area (Å²) in [6.07, 6.45) is 2.14. The number of rotatable bonds is 3. The predicted octanol–water partition coefficient (Wildman–Crippen LogP) is -0.0454. The average Bonchev–Trinajstić information content (AvgIpc) is 2.19. The molecule has 0 radical (unpaired) electrons. The van der Waals surface area contributed by atoms with Crippen LogP contribution in [0.2, 0.25) is 0 Å². The molecule has 1 rings (SSSR count). The van der Waals surface area contributed by atoms with Crippen molar-refractivity contribution in [2.45, 2.75) is 32.3 Å². The van der Waals surface area contributed by atoms with Gasteiger partial charge in [-0.1, -0.05) is 6.92 Å². The van der Waals surface area contributed by atoms with Crippen LogP contribution in [0.3, 0.4) is 0 Å². The number of β-amino-alcohol motifs (C(OH)–C–C–N with tert-alkyl or cyclic N) is 1. The first-order valence-electron chi connectivity index (χ1n) is 5.36. The van der Waals surface area contributed by atoms with E-state index in [1.807, 2.05) is 6.92 Å². The van der Waals surface area contributed by atoms with Gasteiger partial charge in [-0.25, -0.2) is 0 Å². The molecule has 4 heteroatoms. The van der Waals surface area contributed by atoms with Crippen LogP contribution in [0.5, 0.6) is 0 Å². The number of nitrogens with zero attached hydrogens (tertiary/aromatic N) is 1. The zero-order valence-corrected chi connectivity index (χ0v) is 8.78. The maximum Gasteiger partial charge on any atom is 0.227 e. The minimum Gasteiger partial charge on any atom is -0.391 e. The molecule has 4 nitrogen and oxygen atoms in total. The summed E-state index contributed by atoms with van der Waals surface area (Å²) in [5, 5.41) is 9.43.